The highest BCUT2D eigenvalue weighted by Crippen LogP contribution is 2.28. The minimum Gasteiger partial charge on any atom is -0.464 e. The van der Waals surface area contributed by atoms with Crippen LogP contribution in [0.2, 0.25) is 10.0 Å². The van der Waals surface area contributed by atoms with Crippen molar-refractivity contribution in [3.63, 3.8) is 0 Å². The lowest BCUT2D eigenvalue weighted by atomic mass is 10.1. The first-order valence-corrected chi connectivity index (χ1v) is 5.98. The van der Waals surface area contributed by atoms with Gasteiger partial charge in [-0.3, -0.25) is 0 Å². The van der Waals surface area contributed by atoms with Gasteiger partial charge in [0.15, 0.2) is 5.69 Å². The fraction of sp³-hybridized carbons (Fsp3) is 0.0769. The number of hydrogen-bond acceptors (Lipinski definition) is 3. The van der Waals surface area contributed by atoms with Crippen molar-refractivity contribution < 1.29 is 13.9 Å². The molecular weight excluding hydrogens is 292 g/mol. The third-order valence-corrected chi connectivity index (χ3v) is 2.85. The van der Waals surface area contributed by atoms with Gasteiger partial charge in [-0.15, -0.1) is 0 Å². The van der Waals surface area contributed by atoms with Crippen molar-refractivity contribution in [3.8, 4) is 11.1 Å². The van der Waals surface area contributed by atoms with E-state index in [0.29, 0.717) is 15.6 Å². The van der Waals surface area contributed by atoms with Crippen molar-refractivity contribution in [1.82, 2.24) is 4.98 Å². The lowest BCUT2D eigenvalue weighted by molar-refractivity contribution is 0.0592. The smallest absolute Gasteiger partial charge is 0.356 e. The molecule has 0 bridgehead atoms. The Hall–Kier alpha value is -1.65. The molecule has 1 aromatic carbocycles. The van der Waals surface area contributed by atoms with E-state index in [0.717, 1.165) is 0 Å². The average molecular weight is 300 g/mol. The first-order chi connectivity index (χ1) is 9.01. The highest BCUT2D eigenvalue weighted by atomic mass is 35.5. The van der Waals surface area contributed by atoms with Gasteiger partial charge in [-0.25, -0.2) is 9.78 Å². The van der Waals surface area contributed by atoms with Crippen LogP contribution in [0.15, 0.2) is 30.3 Å². The number of methoxy groups -OCH3 is 1. The van der Waals surface area contributed by atoms with Crippen molar-refractivity contribution in [2.24, 2.45) is 0 Å². The predicted octanol–water partition coefficient (Wildman–Crippen LogP) is 3.98. The minimum atomic E-state index is -0.791. The van der Waals surface area contributed by atoms with Crippen LogP contribution in [0.5, 0.6) is 0 Å². The van der Waals surface area contributed by atoms with Gasteiger partial charge in [-0.05, 0) is 35.9 Å². The Bertz CT molecular complexity index is 626. The molecule has 6 heteroatoms. The molecule has 1 heterocycles. The Balaban J connectivity index is 2.49. The number of pyridine rings is 1. The molecule has 0 atom stereocenters. The van der Waals surface area contributed by atoms with E-state index in [1.165, 1.54) is 19.2 Å². The average Bonchev–Trinajstić information content (AvgIpc) is 2.36. The number of halogens is 3. The largest absolute Gasteiger partial charge is 0.464 e. The fourth-order valence-corrected chi connectivity index (χ4v) is 2.10. The maximum Gasteiger partial charge on any atom is 0.356 e. The molecule has 19 heavy (non-hydrogen) atoms. The fourth-order valence-electron chi connectivity index (χ4n) is 1.58. The molecular formula is C13H8Cl2FNO2. The van der Waals surface area contributed by atoms with Crippen molar-refractivity contribution in [1.29, 1.82) is 0 Å². The van der Waals surface area contributed by atoms with E-state index < -0.39 is 11.9 Å². The molecule has 0 fully saturated rings. The van der Waals surface area contributed by atoms with Gasteiger partial charge in [0.25, 0.3) is 0 Å². The number of hydrogen-bond donors (Lipinski definition) is 0. The summed E-state index contributed by atoms with van der Waals surface area (Å²) in [5, 5.41) is 0.776. The van der Waals surface area contributed by atoms with Crippen LogP contribution in [0.4, 0.5) is 4.39 Å². The minimum absolute atomic E-state index is 0.100. The molecule has 0 aliphatic carbocycles. The van der Waals surface area contributed by atoms with Gasteiger partial charge in [0, 0.05) is 15.6 Å². The summed E-state index contributed by atoms with van der Waals surface area (Å²) in [5.41, 5.74) is 0.591. The zero-order chi connectivity index (χ0) is 14.0. The Morgan fingerprint density at radius 1 is 1.21 bits per heavy atom. The second-order valence-corrected chi connectivity index (χ2v) is 4.56. The molecule has 3 nitrogen and oxygen atoms in total. The normalized spacial score (nSPS) is 10.3. The van der Waals surface area contributed by atoms with E-state index in [-0.39, 0.29) is 11.3 Å². The van der Waals surface area contributed by atoms with Crippen LogP contribution in [0.25, 0.3) is 11.1 Å². The van der Waals surface area contributed by atoms with E-state index in [4.69, 9.17) is 23.2 Å². The van der Waals surface area contributed by atoms with Crippen molar-refractivity contribution in [2.45, 2.75) is 0 Å². The standard InChI is InChI=1S/C13H8Cl2FNO2/c1-19-13(18)11-3-2-10(12(16)17-11)7-4-8(14)6-9(15)5-7/h2-6H,1H3. The highest BCUT2D eigenvalue weighted by molar-refractivity contribution is 6.35. The molecule has 0 saturated heterocycles. The van der Waals surface area contributed by atoms with Crippen LogP contribution in [0.1, 0.15) is 10.5 Å². The number of nitrogens with zero attached hydrogens (tertiary/aromatic N) is 1. The third kappa shape index (κ3) is 3.03. The zero-order valence-corrected chi connectivity index (χ0v) is 11.3. The van der Waals surface area contributed by atoms with Gasteiger partial charge in [-0.1, -0.05) is 23.2 Å². The molecule has 0 amide bonds. The molecule has 0 aliphatic rings. The first kappa shape index (κ1) is 13.8. The summed E-state index contributed by atoms with van der Waals surface area (Å²) < 4.78 is 18.4. The van der Waals surface area contributed by atoms with Crippen molar-refractivity contribution in [2.75, 3.05) is 7.11 Å². The van der Waals surface area contributed by atoms with E-state index in [1.54, 1.807) is 18.2 Å². The Morgan fingerprint density at radius 2 is 1.84 bits per heavy atom. The summed E-state index contributed by atoms with van der Waals surface area (Å²) in [7, 11) is 1.20. The summed E-state index contributed by atoms with van der Waals surface area (Å²) >= 11 is 11.7. The second kappa shape index (κ2) is 5.55. The van der Waals surface area contributed by atoms with Crippen LogP contribution < -0.4 is 0 Å². The number of carbonyl (C=O) groups excluding carboxylic acids is 1. The molecule has 0 unspecified atom stereocenters. The lowest BCUT2D eigenvalue weighted by Gasteiger charge is -2.06. The molecule has 0 aliphatic heterocycles. The predicted molar refractivity (Wildman–Crippen MR) is 71.0 cm³/mol. The topological polar surface area (TPSA) is 39.2 Å². The highest BCUT2D eigenvalue weighted by Gasteiger charge is 2.13. The first-order valence-electron chi connectivity index (χ1n) is 5.22. The van der Waals surface area contributed by atoms with Gasteiger partial charge >= 0.3 is 5.97 Å². The zero-order valence-electron chi connectivity index (χ0n) is 9.78. The van der Waals surface area contributed by atoms with Crippen LogP contribution in [-0.4, -0.2) is 18.1 Å². The summed E-state index contributed by atoms with van der Waals surface area (Å²) in [6, 6.07) is 7.47. The molecule has 1 aromatic heterocycles. The molecule has 0 N–H and O–H groups in total. The molecule has 0 radical (unpaired) electrons. The van der Waals surface area contributed by atoms with E-state index in [2.05, 4.69) is 9.72 Å². The summed E-state index contributed by atoms with van der Waals surface area (Å²) in [5.74, 6) is -1.49. The molecule has 98 valence electrons. The lowest BCUT2D eigenvalue weighted by Crippen LogP contribution is -2.06. The van der Waals surface area contributed by atoms with E-state index >= 15 is 0 Å². The number of ether oxygens (including phenoxy) is 1. The summed E-state index contributed by atoms with van der Waals surface area (Å²) in [6.07, 6.45) is 0. The van der Waals surface area contributed by atoms with Crippen LogP contribution in [0.3, 0.4) is 0 Å². The maximum atomic E-state index is 13.9. The number of benzene rings is 1. The Morgan fingerprint density at radius 3 is 2.37 bits per heavy atom. The quantitative estimate of drug-likeness (QED) is 0.622. The number of aromatic nitrogens is 1. The summed E-state index contributed by atoms with van der Waals surface area (Å²) in [6.45, 7) is 0. The Labute approximate surface area is 118 Å². The SMILES string of the molecule is COC(=O)c1ccc(-c2cc(Cl)cc(Cl)c2)c(F)n1. The maximum absolute atomic E-state index is 13.9. The van der Waals surface area contributed by atoms with Crippen molar-refractivity contribution in [3.05, 3.63) is 52.0 Å². The number of esters is 1. The van der Waals surface area contributed by atoms with Crippen molar-refractivity contribution >= 4 is 29.2 Å². The van der Waals surface area contributed by atoms with Gasteiger partial charge in [0.05, 0.1) is 7.11 Å². The van der Waals surface area contributed by atoms with Gasteiger partial charge < -0.3 is 4.74 Å². The van der Waals surface area contributed by atoms with E-state index in [1.807, 2.05) is 0 Å². The van der Waals surface area contributed by atoms with Gasteiger partial charge in [-0.2, -0.15) is 4.39 Å². The van der Waals surface area contributed by atoms with Crippen LogP contribution >= 0.6 is 23.2 Å². The molecule has 2 rings (SSSR count). The molecule has 0 saturated carbocycles. The Kier molecular flexibility index (Phi) is 4.02. The molecule has 0 spiro atoms. The second-order valence-electron chi connectivity index (χ2n) is 3.68. The molecule has 2 aromatic rings. The number of rotatable bonds is 2. The third-order valence-electron chi connectivity index (χ3n) is 2.42. The summed E-state index contributed by atoms with van der Waals surface area (Å²) in [4.78, 5) is 14.8. The van der Waals surface area contributed by atoms with Crippen LogP contribution in [0, 0.1) is 5.95 Å². The monoisotopic (exact) mass is 299 g/mol. The van der Waals surface area contributed by atoms with Gasteiger partial charge in [0.1, 0.15) is 0 Å². The number of carbonyl (C=O) groups is 1. The van der Waals surface area contributed by atoms with Crippen LogP contribution in [-0.2, 0) is 4.74 Å². The van der Waals surface area contributed by atoms with E-state index in [9.17, 15) is 9.18 Å². The van der Waals surface area contributed by atoms with Gasteiger partial charge in [0.2, 0.25) is 5.95 Å².